The summed E-state index contributed by atoms with van der Waals surface area (Å²) in [5.41, 5.74) is 7.47. The van der Waals surface area contributed by atoms with Gasteiger partial charge in [-0.1, -0.05) is 0 Å². The van der Waals surface area contributed by atoms with Crippen LogP contribution in [0.2, 0.25) is 0 Å². The van der Waals surface area contributed by atoms with Crippen molar-refractivity contribution >= 4 is 35.7 Å². The Labute approximate surface area is 115 Å². The van der Waals surface area contributed by atoms with Gasteiger partial charge in [0.05, 0.1) is 0 Å². The molecule has 2 heterocycles. The van der Waals surface area contributed by atoms with Crippen LogP contribution in [0.15, 0.2) is 24.4 Å². The summed E-state index contributed by atoms with van der Waals surface area (Å²) in [6, 6.07) is 4.84. The molecule has 1 aromatic carbocycles. The zero-order chi connectivity index (χ0) is 14.3. The second kappa shape index (κ2) is 4.52. The molecule has 98 valence electrons. The minimum absolute atomic E-state index is 0.162. The molecular formula is C13H11BFN5. The van der Waals surface area contributed by atoms with Crippen LogP contribution in [0, 0.1) is 12.7 Å². The van der Waals surface area contributed by atoms with Crippen molar-refractivity contribution in [2.75, 3.05) is 5.73 Å². The van der Waals surface area contributed by atoms with Gasteiger partial charge in [-0.15, -0.1) is 0 Å². The number of benzene rings is 1. The van der Waals surface area contributed by atoms with E-state index in [0.717, 1.165) is 10.9 Å². The van der Waals surface area contributed by atoms with E-state index >= 15 is 0 Å². The Bertz CT molecular complexity index is 827. The van der Waals surface area contributed by atoms with E-state index in [1.165, 1.54) is 13.0 Å². The topological polar surface area (TPSA) is 69.6 Å². The predicted molar refractivity (Wildman–Crippen MR) is 78.3 cm³/mol. The van der Waals surface area contributed by atoms with Gasteiger partial charge in [0, 0.05) is 0 Å². The fourth-order valence-corrected chi connectivity index (χ4v) is 2.11. The summed E-state index contributed by atoms with van der Waals surface area (Å²) in [7, 11) is 0. The van der Waals surface area contributed by atoms with Crippen LogP contribution >= 0.6 is 0 Å². The predicted octanol–water partition coefficient (Wildman–Crippen LogP) is 0.607. The maximum atomic E-state index is 13.8. The fourth-order valence-electron chi connectivity index (χ4n) is 2.11. The molecule has 0 radical (unpaired) electrons. The molecule has 0 bridgehead atoms. The average Bonchev–Trinajstić information content (AvgIpc) is 2.75. The van der Waals surface area contributed by atoms with E-state index in [1.807, 2.05) is 6.92 Å². The van der Waals surface area contributed by atoms with Crippen LogP contribution in [0.4, 0.5) is 10.3 Å². The summed E-state index contributed by atoms with van der Waals surface area (Å²) in [6.07, 6.45) is 1.55. The molecule has 0 saturated carbocycles. The Morgan fingerprint density at radius 3 is 2.90 bits per heavy atom. The summed E-state index contributed by atoms with van der Waals surface area (Å²) in [6.45, 7) is 6.89. The zero-order valence-electron chi connectivity index (χ0n) is 10.8. The molecule has 7 heteroatoms. The molecule has 0 amide bonds. The number of aryl methyl sites for hydroxylation is 1. The molecule has 3 aromatic rings. The van der Waals surface area contributed by atoms with Crippen LogP contribution < -0.4 is 11.2 Å². The maximum absolute atomic E-state index is 13.8. The number of fused-ring (bicyclic) bond motifs is 1. The molecule has 0 fully saturated rings. The molecule has 20 heavy (non-hydrogen) atoms. The molecule has 0 aliphatic heterocycles. The second-order valence-electron chi connectivity index (χ2n) is 4.37. The first-order valence-electron chi connectivity index (χ1n) is 6.00. The molecule has 0 aliphatic rings. The summed E-state index contributed by atoms with van der Waals surface area (Å²) >= 11 is 0. The van der Waals surface area contributed by atoms with Crippen LogP contribution in [-0.2, 0) is 0 Å². The SMILES string of the molecule is C=Bc1cc2c(cc1F)c(C)nn2-c1ccnc(N)n1. The summed E-state index contributed by atoms with van der Waals surface area (Å²) in [4.78, 5) is 7.98. The number of anilines is 1. The van der Waals surface area contributed by atoms with Crippen LogP contribution in [0.25, 0.3) is 16.7 Å². The molecule has 0 saturated heterocycles. The second-order valence-corrected chi connectivity index (χ2v) is 4.37. The minimum atomic E-state index is -0.322. The third-order valence-corrected chi connectivity index (χ3v) is 3.08. The van der Waals surface area contributed by atoms with Crippen molar-refractivity contribution in [1.29, 1.82) is 0 Å². The van der Waals surface area contributed by atoms with Gasteiger partial charge in [0.1, 0.15) is 0 Å². The van der Waals surface area contributed by atoms with Gasteiger partial charge >= 0.3 is 114 Å². The number of halogens is 1. The fraction of sp³-hybridized carbons (Fsp3) is 0.0769. The number of rotatable bonds is 2. The van der Waals surface area contributed by atoms with Crippen molar-refractivity contribution in [3.05, 3.63) is 35.9 Å². The Hall–Kier alpha value is -2.57. The van der Waals surface area contributed by atoms with Gasteiger partial charge in [0.2, 0.25) is 0 Å². The first-order valence-corrected chi connectivity index (χ1v) is 6.00. The third kappa shape index (κ3) is 1.87. The van der Waals surface area contributed by atoms with E-state index in [1.54, 1.807) is 23.0 Å². The van der Waals surface area contributed by atoms with Crippen molar-refractivity contribution in [1.82, 2.24) is 19.7 Å². The first kappa shape index (κ1) is 12.5. The Morgan fingerprint density at radius 2 is 2.20 bits per heavy atom. The molecule has 5 nitrogen and oxygen atoms in total. The molecular weight excluding hydrogens is 256 g/mol. The van der Waals surface area contributed by atoms with Crippen molar-refractivity contribution in [3.8, 4) is 5.82 Å². The van der Waals surface area contributed by atoms with E-state index in [-0.39, 0.29) is 11.8 Å². The molecule has 3 rings (SSSR count). The standard InChI is InChI=1S/C13H11BFN5/c1-7-8-5-10(15)9(14-2)6-11(8)20(19-7)12-3-4-17-13(16)18-12/h3-6H,2H2,1H3,(H2,16,17,18). The third-order valence-electron chi connectivity index (χ3n) is 3.08. The van der Waals surface area contributed by atoms with Gasteiger partial charge < -0.3 is 0 Å². The summed E-state index contributed by atoms with van der Waals surface area (Å²) < 4.78 is 15.4. The molecule has 2 aromatic heterocycles. The summed E-state index contributed by atoms with van der Waals surface area (Å²) in [5.74, 6) is 0.379. The molecule has 0 atom stereocenters. The number of hydrogen-bond acceptors (Lipinski definition) is 4. The van der Waals surface area contributed by atoms with Crippen LogP contribution in [0.5, 0.6) is 0 Å². The summed E-state index contributed by atoms with van der Waals surface area (Å²) in [5, 5.41) is 5.11. The number of hydrogen-bond donors (Lipinski definition) is 1. The number of aromatic nitrogens is 4. The number of nitrogens with zero attached hydrogens (tertiary/aromatic N) is 4. The van der Waals surface area contributed by atoms with Crippen molar-refractivity contribution < 1.29 is 4.39 Å². The van der Waals surface area contributed by atoms with Crippen LogP contribution in [0.3, 0.4) is 0 Å². The van der Waals surface area contributed by atoms with Gasteiger partial charge in [0.25, 0.3) is 0 Å². The first-order chi connectivity index (χ1) is 9.60. The molecule has 0 spiro atoms. The van der Waals surface area contributed by atoms with Crippen LogP contribution in [-0.4, -0.2) is 33.1 Å². The average molecular weight is 267 g/mol. The van der Waals surface area contributed by atoms with E-state index < -0.39 is 0 Å². The van der Waals surface area contributed by atoms with Crippen LogP contribution in [0.1, 0.15) is 5.69 Å². The molecule has 0 aliphatic carbocycles. The van der Waals surface area contributed by atoms with Gasteiger partial charge in [-0.25, -0.2) is 0 Å². The van der Waals surface area contributed by atoms with Gasteiger partial charge in [-0.3, -0.25) is 0 Å². The van der Waals surface area contributed by atoms with Gasteiger partial charge in [-0.05, 0) is 0 Å². The van der Waals surface area contributed by atoms with E-state index in [9.17, 15) is 4.39 Å². The van der Waals surface area contributed by atoms with E-state index in [0.29, 0.717) is 17.0 Å². The van der Waals surface area contributed by atoms with Gasteiger partial charge in [-0.2, -0.15) is 0 Å². The van der Waals surface area contributed by atoms with Crippen molar-refractivity contribution in [3.63, 3.8) is 0 Å². The number of nitrogens with two attached hydrogens (primary N) is 1. The zero-order valence-corrected chi connectivity index (χ0v) is 10.8. The molecule has 2 N–H and O–H groups in total. The van der Waals surface area contributed by atoms with Crippen molar-refractivity contribution in [2.24, 2.45) is 0 Å². The Kier molecular flexibility index (Phi) is 2.82. The Morgan fingerprint density at radius 1 is 1.40 bits per heavy atom. The molecule has 0 unspecified atom stereocenters. The Balaban J connectivity index is 2.34. The van der Waals surface area contributed by atoms with E-state index in [2.05, 4.69) is 21.5 Å². The number of nitrogen functional groups attached to an aromatic ring is 1. The normalized spacial score (nSPS) is 10.7. The monoisotopic (exact) mass is 267 g/mol. The quantitative estimate of drug-likeness (QED) is 0.690. The van der Waals surface area contributed by atoms with Crippen molar-refractivity contribution in [2.45, 2.75) is 6.92 Å². The van der Waals surface area contributed by atoms with Gasteiger partial charge in [0.15, 0.2) is 0 Å². The van der Waals surface area contributed by atoms with E-state index in [4.69, 9.17) is 5.73 Å².